The van der Waals surface area contributed by atoms with E-state index < -0.39 is 0 Å². The number of nitrogens with one attached hydrogen (secondary N) is 1. The van der Waals surface area contributed by atoms with Crippen LogP contribution in [0, 0.1) is 5.92 Å². The number of fused-ring (bicyclic) bond motifs is 1. The normalized spacial score (nSPS) is 27.0. The van der Waals surface area contributed by atoms with Gasteiger partial charge in [0.05, 0.1) is 0 Å². The summed E-state index contributed by atoms with van der Waals surface area (Å²) in [7, 11) is 2.27. The molecule has 0 saturated heterocycles. The second-order valence-electron chi connectivity index (χ2n) is 5.03. The Labute approximate surface area is 92.7 Å². The minimum atomic E-state index is 0.588. The maximum Gasteiger partial charge on any atom is 0.0388 e. The number of nitrogens with zero attached hydrogens (tertiary/aromatic N) is 1. The standard InChI is InChI=1S/C13H22N2/c1-5-10-8-12-11(6-7-14-12)13(9(2)3)15(10)4/h6-7,9-10,13-14H,5,8H2,1-4H3/t10-,13-/m0/s1. The van der Waals surface area contributed by atoms with E-state index in [0.29, 0.717) is 18.0 Å². The fourth-order valence-electron chi connectivity index (χ4n) is 2.96. The van der Waals surface area contributed by atoms with E-state index in [1.807, 2.05) is 0 Å². The van der Waals surface area contributed by atoms with Crippen LogP contribution >= 0.6 is 0 Å². The van der Waals surface area contributed by atoms with Gasteiger partial charge in [0, 0.05) is 30.4 Å². The summed E-state index contributed by atoms with van der Waals surface area (Å²) < 4.78 is 0. The fraction of sp³-hybridized carbons (Fsp3) is 0.692. The van der Waals surface area contributed by atoms with Crippen molar-refractivity contribution in [1.82, 2.24) is 9.88 Å². The summed E-state index contributed by atoms with van der Waals surface area (Å²) in [6.07, 6.45) is 4.50. The van der Waals surface area contributed by atoms with E-state index in [4.69, 9.17) is 0 Å². The van der Waals surface area contributed by atoms with E-state index in [2.05, 4.69) is 50.0 Å². The third-order valence-electron chi connectivity index (χ3n) is 3.74. The van der Waals surface area contributed by atoms with Crippen molar-refractivity contribution in [3.05, 3.63) is 23.5 Å². The molecule has 1 aliphatic rings. The van der Waals surface area contributed by atoms with Crippen LogP contribution in [-0.2, 0) is 6.42 Å². The molecule has 2 heterocycles. The van der Waals surface area contributed by atoms with Gasteiger partial charge in [-0.3, -0.25) is 4.90 Å². The molecular formula is C13H22N2. The zero-order valence-corrected chi connectivity index (χ0v) is 10.2. The number of hydrogen-bond acceptors (Lipinski definition) is 1. The summed E-state index contributed by atoms with van der Waals surface area (Å²) in [5.41, 5.74) is 2.97. The van der Waals surface area contributed by atoms with Gasteiger partial charge in [-0.15, -0.1) is 0 Å². The number of aromatic nitrogens is 1. The number of rotatable bonds is 2. The molecule has 1 N–H and O–H groups in total. The zero-order chi connectivity index (χ0) is 11.0. The molecule has 84 valence electrons. The smallest absolute Gasteiger partial charge is 0.0388 e. The highest BCUT2D eigenvalue weighted by Gasteiger charge is 2.33. The number of likely N-dealkylation sites (N-methyl/N-ethyl adjacent to an activating group) is 1. The minimum Gasteiger partial charge on any atom is -0.365 e. The highest BCUT2D eigenvalue weighted by atomic mass is 15.2. The molecule has 0 aliphatic carbocycles. The monoisotopic (exact) mass is 206 g/mol. The van der Waals surface area contributed by atoms with Gasteiger partial charge < -0.3 is 4.98 Å². The van der Waals surface area contributed by atoms with Gasteiger partial charge in [0.2, 0.25) is 0 Å². The highest BCUT2D eigenvalue weighted by molar-refractivity contribution is 5.28. The first-order valence-corrected chi connectivity index (χ1v) is 6.03. The van der Waals surface area contributed by atoms with Crippen LogP contribution in [-0.4, -0.2) is 23.0 Å². The number of aromatic amines is 1. The molecule has 0 aromatic carbocycles. The second kappa shape index (κ2) is 4.01. The summed E-state index contributed by atoms with van der Waals surface area (Å²) >= 11 is 0. The van der Waals surface area contributed by atoms with E-state index >= 15 is 0 Å². The van der Waals surface area contributed by atoms with E-state index in [-0.39, 0.29) is 0 Å². The highest BCUT2D eigenvalue weighted by Crippen LogP contribution is 2.36. The molecule has 15 heavy (non-hydrogen) atoms. The molecule has 0 fully saturated rings. The first-order chi connectivity index (χ1) is 7.15. The molecule has 2 heteroatoms. The summed E-state index contributed by atoms with van der Waals surface area (Å²) in [6, 6.07) is 3.54. The van der Waals surface area contributed by atoms with E-state index in [1.165, 1.54) is 24.1 Å². The molecule has 2 nitrogen and oxygen atoms in total. The van der Waals surface area contributed by atoms with Gasteiger partial charge in [0.1, 0.15) is 0 Å². The van der Waals surface area contributed by atoms with Crippen LogP contribution in [0.2, 0.25) is 0 Å². The molecule has 1 aliphatic heterocycles. The van der Waals surface area contributed by atoms with Crippen molar-refractivity contribution in [3.63, 3.8) is 0 Å². The van der Waals surface area contributed by atoms with Gasteiger partial charge in [-0.25, -0.2) is 0 Å². The maximum absolute atomic E-state index is 3.40. The second-order valence-corrected chi connectivity index (χ2v) is 5.03. The lowest BCUT2D eigenvalue weighted by molar-refractivity contribution is 0.115. The Balaban J connectivity index is 2.37. The Morgan fingerprint density at radius 3 is 2.87 bits per heavy atom. The molecular weight excluding hydrogens is 184 g/mol. The van der Waals surface area contributed by atoms with Crippen molar-refractivity contribution in [2.24, 2.45) is 5.92 Å². The maximum atomic E-state index is 3.40. The average molecular weight is 206 g/mol. The molecule has 0 saturated carbocycles. The van der Waals surface area contributed by atoms with Gasteiger partial charge in [-0.1, -0.05) is 20.8 Å². The zero-order valence-electron chi connectivity index (χ0n) is 10.2. The summed E-state index contributed by atoms with van der Waals surface area (Å²) in [5.74, 6) is 0.680. The van der Waals surface area contributed by atoms with Crippen molar-refractivity contribution >= 4 is 0 Å². The van der Waals surface area contributed by atoms with Gasteiger partial charge in [0.25, 0.3) is 0 Å². The van der Waals surface area contributed by atoms with Crippen LogP contribution in [0.3, 0.4) is 0 Å². The Kier molecular flexibility index (Phi) is 2.87. The quantitative estimate of drug-likeness (QED) is 0.788. The van der Waals surface area contributed by atoms with Crippen LogP contribution < -0.4 is 0 Å². The predicted molar refractivity (Wildman–Crippen MR) is 63.9 cm³/mol. The minimum absolute atomic E-state index is 0.588. The molecule has 0 radical (unpaired) electrons. The van der Waals surface area contributed by atoms with Crippen LogP contribution in [0.4, 0.5) is 0 Å². The first kappa shape index (κ1) is 10.7. The van der Waals surface area contributed by atoms with Crippen molar-refractivity contribution in [3.8, 4) is 0 Å². The van der Waals surface area contributed by atoms with Crippen LogP contribution in [0.25, 0.3) is 0 Å². The Morgan fingerprint density at radius 2 is 2.27 bits per heavy atom. The van der Waals surface area contributed by atoms with E-state index in [0.717, 1.165) is 0 Å². The molecule has 1 aromatic heterocycles. The van der Waals surface area contributed by atoms with Gasteiger partial charge in [0.15, 0.2) is 0 Å². The van der Waals surface area contributed by atoms with Gasteiger partial charge in [-0.05, 0) is 31.0 Å². The third-order valence-corrected chi connectivity index (χ3v) is 3.74. The lowest BCUT2D eigenvalue weighted by Crippen LogP contribution is -2.42. The van der Waals surface area contributed by atoms with Gasteiger partial charge >= 0.3 is 0 Å². The van der Waals surface area contributed by atoms with E-state index in [9.17, 15) is 0 Å². The van der Waals surface area contributed by atoms with Crippen molar-refractivity contribution in [2.45, 2.75) is 45.7 Å². The molecule has 2 rings (SSSR count). The average Bonchev–Trinajstić information content (AvgIpc) is 2.63. The fourth-order valence-corrected chi connectivity index (χ4v) is 2.96. The SMILES string of the molecule is CC[C@H]1Cc2[nH]ccc2[C@H](C(C)C)N1C. The number of H-pyrrole nitrogens is 1. The Bertz CT molecular complexity index is 327. The molecule has 1 aromatic rings. The third kappa shape index (κ3) is 1.71. The largest absolute Gasteiger partial charge is 0.365 e. The molecule has 0 unspecified atom stereocenters. The topological polar surface area (TPSA) is 19.0 Å². The first-order valence-electron chi connectivity index (χ1n) is 6.03. The van der Waals surface area contributed by atoms with Crippen molar-refractivity contribution in [1.29, 1.82) is 0 Å². The van der Waals surface area contributed by atoms with Crippen LogP contribution in [0.5, 0.6) is 0 Å². The molecule has 2 atom stereocenters. The lowest BCUT2D eigenvalue weighted by atomic mass is 9.87. The van der Waals surface area contributed by atoms with Crippen LogP contribution in [0.1, 0.15) is 44.5 Å². The van der Waals surface area contributed by atoms with Crippen LogP contribution in [0.15, 0.2) is 12.3 Å². The Hall–Kier alpha value is -0.760. The number of hydrogen-bond donors (Lipinski definition) is 1. The molecule has 0 spiro atoms. The summed E-state index contributed by atoms with van der Waals surface area (Å²) in [5, 5.41) is 0. The molecule has 0 bridgehead atoms. The summed E-state index contributed by atoms with van der Waals surface area (Å²) in [6.45, 7) is 6.92. The summed E-state index contributed by atoms with van der Waals surface area (Å²) in [4.78, 5) is 5.96. The van der Waals surface area contributed by atoms with Gasteiger partial charge in [-0.2, -0.15) is 0 Å². The van der Waals surface area contributed by atoms with Crippen molar-refractivity contribution in [2.75, 3.05) is 7.05 Å². The van der Waals surface area contributed by atoms with E-state index in [1.54, 1.807) is 0 Å². The van der Waals surface area contributed by atoms with Crippen molar-refractivity contribution < 1.29 is 0 Å². The Morgan fingerprint density at radius 1 is 1.53 bits per heavy atom. The lowest BCUT2D eigenvalue weighted by Gasteiger charge is -2.41. The molecule has 0 amide bonds. The predicted octanol–water partition coefficient (Wildman–Crippen LogP) is 2.98.